The number of imidazole rings is 1. The van der Waals surface area contributed by atoms with Gasteiger partial charge in [0.25, 0.3) is 0 Å². The molecule has 2 aromatic rings. The number of ether oxygens (including phenoxy) is 1. The van der Waals surface area contributed by atoms with E-state index in [9.17, 15) is 5.11 Å². The van der Waals surface area contributed by atoms with Crippen LogP contribution in [0.1, 0.15) is 19.7 Å². The number of hydrogen-bond donors (Lipinski definition) is 1. The van der Waals surface area contributed by atoms with E-state index in [0.717, 1.165) is 16.9 Å². The van der Waals surface area contributed by atoms with Crippen LogP contribution >= 0.6 is 0 Å². The summed E-state index contributed by atoms with van der Waals surface area (Å²) in [7, 11) is 4.01. The number of nitrogens with zero attached hydrogens (tertiary/aromatic N) is 3. The number of aliphatic hydroxyl groups excluding tert-OH is 1. The van der Waals surface area contributed by atoms with Crippen molar-refractivity contribution in [2.75, 3.05) is 20.2 Å². The van der Waals surface area contributed by atoms with Gasteiger partial charge in [-0.15, -0.1) is 0 Å². The fourth-order valence-corrected chi connectivity index (χ4v) is 2.36. The van der Waals surface area contributed by atoms with Crippen LogP contribution in [0.15, 0.2) is 24.3 Å². The number of rotatable bonds is 7. The van der Waals surface area contributed by atoms with Crippen LogP contribution in [-0.4, -0.2) is 52.0 Å². The predicted octanol–water partition coefficient (Wildman–Crippen LogP) is 1.79. The molecule has 1 unspecified atom stereocenters. The summed E-state index contributed by atoms with van der Waals surface area (Å²) in [5, 5.41) is 9.96. The minimum atomic E-state index is -0.480. The number of hydrogen-bond acceptors (Lipinski definition) is 4. The highest BCUT2D eigenvalue weighted by Gasteiger charge is 2.13. The van der Waals surface area contributed by atoms with Crippen molar-refractivity contribution in [3.05, 3.63) is 30.1 Å². The Balaban J connectivity index is 1.95. The molecule has 5 nitrogen and oxygen atoms in total. The van der Waals surface area contributed by atoms with Crippen LogP contribution in [0, 0.1) is 0 Å². The lowest BCUT2D eigenvalue weighted by molar-refractivity contribution is -0.00662. The molecule has 1 aromatic carbocycles. The van der Waals surface area contributed by atoms with Crippen LogP contribution in [0.25, 0.3) is 11.0 Å². The molecule has 0 aliphatic carbocycles. The third kappa shape index (κ3) is 4.27. The van der Waals surface area contributed by atoms with Gasteiger partial charge in [-0.1, -0.05) is 12.1 Å². The van der Waals surface area contributed by atoms with E-state index < -0.39 is 6.10 Å². The zero-order valence-corrected chi connectivity index (χ0v) is 13.3. The molecule has 0 saturated carbocycles. The van der Waals surface area contributed by atoms with Crippen molar-refractivity contribution in [1.82, 2.24) is 14.5 Å². The lowest BCUT2D eigenvalue weighted by Gasteiger charge is -2.21. The molecule has 1 N–H and O–H groups in total. The Morgan fingerprint density at radius 3 is 2.71 bits per heavy atom. The number of fused-ring (bicyclic) bond motifs is 1. The third-order valence-electron chi connectivity index (χ3n) is 3.44. The van der Waals surface area contributed by atoms with E-state index in [1.807, 2.05) is 46.1 Å². The Morgan fingerprint density at radius 2 is 2.05 bits per heavy atom. The monoisotopic (exact) mass is 291 g/mol. The first-order valence-corrected chi connectivity index (χ1v) is 7.36. The number of aliphatic hydroxyl groups is 1. The molecule has 0 aliphatic rings. The highest BCUT2D eigenvalue weighted by Crippen LogP contribution is 2.15. The molecule has 0 amide bonds. The van der Waals surface area contributed by atoms with Gasteiger partial charge >= 0.3 is 0 Å². The SMILES string of the molecule is CC(C)OCC(O)CN(C)Cc1nc2ccccc2n1C. The van der Waals surface area contributed by atoms with Crippen molar-refractivity contribution in [2.24, 2.45) is 7.05 Å². The summed E-state index contributed by atoms with van der Waals surface area (Å²) >= 11 is 0. The average Bonchev–Trinajstić information content (AvgIpc) is 2.73. The molecule has 0 fully saturated rings. The Morgan fingerprint density at radius 1 is 1.33 bits per heavy atom. The van der Waals surface area contributed by atoms with Crippen molar-refractivity contribution >= 4 is 11.0 Å². The molecular weight excluding hydrogens is 266 g/mol. The van der Waals surface area contributed by atoms with E-state index in [1.54, 1.807) is 0 Å². The van der Waals surface area contributed by atoms with Gasteiger partial charge in [0.05, 0.1) is 36.4 Å². The zero-order valence-electron chi connectivity index (χ0n) is 13.3. The van der Waals surface area contributed by atoms with Crippen LogP contribution in [-0.2, 0) is 18.3 Å². The highest BCUT2D eigenvalue weighted by atomic mass is 16.5. The van der Waals surface area contributed by atoms with Gasteiger partial charge in [-0.25, -0.2) is 4.98 Å². The van der Waals surface area contributed by atoms with Crippen molar-refractivity contribution < 1.29 is 9.84 Å². The first-order valence-electron chi connectivity index (χ1n) is 7.36. The maximum Gasteiger partial charge on any atom is 0.123 e. The Bertz CT molecular complexity index is 580. The van der Waals surface area contributed by atoms with Gasteiger partial charge in [-0.2, -0.15) is 0 Å². The maximum atomic E-state index is 9.96. The average molecular weight is 291 g/mol. The molecule has 1 atom stereocenters. The van der Waals surface area contributed by atoms with Gasteiger partial charge in [0.1, 0.15) is 5.82 Å². The molecule has 116 valence electrons. The van der Waals surface area contributed by atoms with Crippen molar-refractivity contribution in [2.45, 2.75) is 32.6 Å². The van der Waals surface area contributed by atoms with Crippen molar-refractivity contribution in [1.29, 1.82) is 0 Å². The van der Waals surface area contributed by atoms with E-state index in [0.29, 0.717) is 19.7 Å². The van der Waals surface area contributed by atoms with E-state index in [-0.39, 0.29) is 6.10 Å². The van der Waals surface area contributed by atoms with Gasteiger partial charge in [-0.05, 0) is 33.0 Å². The second-order valence-electron chi connectivity index (χ2n) is 5.81. The lowest BCUT2D eigenvalue weighted by Crippen LogP contribution is -2.33. The van der Waals surface area contributed by atoms with E-state index in [2.05, 4.69) is 20.5 Å². The normalized spacial score (nSPS) is 13.5. The fraction of sp³-hybridized carbons (Fsp3) is 0.562. The Kier molecular flexibility index (Phi) is 5.33. The van der Waals surface area contributed by atoms with E-state index in [4.69, 9.17) is 4.74 Å². The number of benzene rings is 1. The summed E-state index contributed by atoms with van der Waals surface area (Å²) < 4.78 is 7.53. The molecular formula is C16H25N3O2. The fourth-order valence-electron chi connectivity index (χ4n) is 2.36. The number of aromatic nitrogens is 2. The largest absolute Gasteiger partial charge is 0.389 e. The maximum absolute atomic E-state index is 9.96. The number of para-hydroxylation sites is 2. The van der Waals surface area contributed by atoms with Gasteiger partial charge in [0.15, 0.2) is 0 Å². The minimum Gasteiger partial charge on any atom is -0.389 e. The standard InChI is InChI=1S/C16H25N3O2/c1-12(2)21-11-13(20)9-18(3)10-16-17-14-7-5-6-8-15(14)19(16)4/h5-8,12-13,20H,9-11H2,1-4H3. The minimum absolute atomic E-state index is 0.143. The predicted molar refractivity (Wildman–Crippen MR) is 84.1 cm³/mol. The molecule has 21 heavy (non-hydrogen) atoms. The van der Waals surface area contributed by atoms with Crippen molar-refractivity contribution in [3.8, 4) is 0 Å². The molecule has 0 radical (unpaired) electrons. The summed E-state index contributed by atoms with van der Waals surface area (Å²) in [6, 6.07) is 8.10. The topological polar surface area (TPSA) is 50.5 Å². The molecule has 2 rings (SSSR count). The van der Waals surface area contributed by atoms with Crippen LogP contribution in [0.3, 0.4) is 0 Å². The lowest BCUT2D eigenvalue weighted by atomic mass is 10.3. The first-order chi connectivity index (χ1) is 9.97. The molecule has 1 aromatic heterocycles. The van der Waals surface area contributed by atoms with Gasteiger partial charge < -0.3 is 14.4 Å². The van der Waals surface area contributed by atoms with E-state index in [1.165, 1.54) is 0 Å². The molecule has 5 heteroatoms. The quantitative estimate of drug-likeness (QED) is 0.845. The molecule has 0 saturated heterocycles. The molecule has 0 spiro atoms. The summed E-state index contributed by atoms with van der Waals surface area (Å²) in [4.78, 5) is 6.71. The number of likely N-dealkylation sites (N-methyl/N-ethyl adjacent to an activating group) is 1. The zero-order chi connectivity index (χ0) is 15.4. The smallest absolute Gasteiger partial charge is 0.123 e. The second kappa shape index (κ2) is 7.02. The Hall–Kier alpha value is -1.43. The van der Waals surface area contributed by atoms with Crippen molar-refractivity contribution in [3.63, 3.8) is 0 Å². The molecule has 0 bridgehead atoms. The van der Waals surface area contributed by atoms with Gasteiger partial charge in [0, 0.05) is 13.6 Å². The summed E-state index contributed by atoms with van der Waals surface area (Å²) in [5.74, 6) is 0.996. The summed E-state index contributed by atoms with van der Waals surface area (Å²) in [6.45, 7) is 5.57. The van der Waals surface area contributed by atoms with Gasteiger partial charge in [-0.3, -0.25) is 4.90 Å². The van der Waals surface area contributed by atoms with Crippen LogP contribution in [0.4, 0.5) is 0 Å². The Labute approximate surface area is 126 Å². The highest BCUT2D eigenvalue weighted by molar-refractivity contribution is 5.75. The number of aryl methyl sites for hydroxylation is 1. The first kappa shape index (κ1) is 15.9. The molecule has 0 aliphatic heterocycles. The second-order valence-corrected chi connectivity index (χ2v) is 5.81. The van der Waals surface area contributed by atoms with E-state index >= 15 is 0 Å². The van der Waals surface area contributed by atoms with Crippen LogP contribution in [0.2, 0.25) is 0 Å². The summed E-state index contributed by atoms with van der Waals surface area (Å²) in [6.07, 6.45) is -0.336. The third-order valence-corrected chi connectivity index (χ3v) is 3.44. The van der Waals surface area contributed by atoms with Gasteiger partial charge in [0.2, 0.25) is 0 Å². The van der Waals surface area contributed by atoms with Crippen LogP contribution in [0.5, 0.6) is 0 Å². The molecule has 1 heterocycles. The summed E-state index contributed by atoms with van der Waals surface area (Å²) in [5.41, 5.74) is 2.14. The van der Waals surface area contributed by atoms with Crippen LogP contribution < -0.4 is 0 Å².